The topological polar surface area (TPSA) is 77.4 Å². The van der Waals surface area contributed by atoms with Crippen molar-refractivity contribution in [1.82, 2.24) is 0 Å². The van der Waals surface area contributed by atoms with E-state index in [2.05, 4.69) is 0 Å². The Morgan fingerprint density at radius 2 is 1.32 bits per heavy atom. The van der Waals surface area contributed by atoms with Crippen molar-refractivity contribution in [3.63, 3.8) is 0 Å². The van der Waals surface area contributed by atoms with Crippen LogP contribution in [-0.4, -0.2) is 16.9 Å². The first-order chi connectivity index (χ1) is 11.6. The van der Waals surface area contributed by atoms with Crippen molar-refractivity contribution in [2.45, 2.75) is 0 Å². The van der Waals surface area contributed by atoms with Crippen molar-refractivity contribution in [3.05, 3.63) is 89.5 Å². The third kappa shape index (κ3) is 3.99. The van der Waals surface area contributed by atoms with Crippen LogP contribution in [0.25, 0.3) is 11.1 Å². The Hall–Kier alpha value is -2.40. The van der Waals surface area contributed by atoms with Crippen LogP contribution in [-0.2, 0) is 0 Å². The summed E-state index contributed by atoms with van der Waals surface area (Å²) in [5.41, 5.74) is 1.75. The molecule has 0 fully saturated rings. The molecule has 0 bridgehead atoms. The maximum Gasteiger partial charge on any atom is 1.00 e. The van der Waals surface area contributed by atoms with Gasteiger partial charge >= 0.3 is 35.5 Å². The zero-order chi connectivity index (χ0) is 17.1. The van der Waals surface area contributed by atoms with Crippen LogP contribution in [0.5, 0.6) is 5.75 Å². The summed E-state index contributed by atoms with van der Waals surface area (Å²) in [6.07, 6.45) is 0. The summed E-state index contributed by atoms with van der Waals surface area (Å²) in [5, 5.41) is 21.0. The number of rotatable bonds is 4. The van der Waals surface area contributed by atoms with Crippen LogP contribution < -0.4 is 34.7 Å². The number of para-hydroxylation sites is 1. The molecule has 118 valence electrons. The summed E-state index contributed by atoms with van der Waals surface area (Å²) in [7, 11) is 0. The number of carboxylic acid groups (broad SMARTS) is 1. The quantitative estimate of drug-likeness (QED) is 0.550. The molecule has 0 aliphatic carbocycles. The number of hydrogen-bond donors (Lipinski definition) is 1. The molecule has 0 aliphatic heterocycles. The number of ketones is 1. The normalized spacial score (nSPS) is 9.92. The van der Waals surface area contributed by atoms with E-state index in [1.807, 2.05) is 0 Å². The Bertz CT molecular complexity index is 917. The molecule has 0 amide bonds. The zero-order valence-electron chi connectivity index (χ0n) is 13.6. The summed E-state index contributed by atoms with van der Waals surface area (Å²) >= 11 is 0. The molecule has 1 N–H and O–H groups in total. The zero-order valence-corrected chi connectivity index (χ0v) is 15.6. The van der Waals surface area contributed by atoms with Gasteiger partial charge in [-0.2, -0.15) is 0 Å². The predicted molar refractivity (Wildman–Crippen MR) is 88.2 cm³/mol. The van der Waals surface area contributed by atoms with E-state index < -0.39 is 5.97 Å². The van der Waals surface area contributed by atoms with Gasteiger partial charge in [0.2, 0.25) is 0 Å². The van der Waals surface area contributed by atoms with Crippen LogP contribution in [0.15, 0.2) is 72.8 Å². The fraction of sp³-hybridized carbons (Fsp3) is 0. The first-order valence-electron chi connectivity index (χ1n) is 7.31. The first kappa shape index (κ1) is 18.9. The summed E-state index contributed by atoms with van der Waals surface area (Å²) in [5.74, 6) is -1.60. The van der Waals surface area contributed by atoms with Gasteiger partial charge in [-0.25, -0.2) is 4.79 Å². The third-order valence-corrected chi connectivity index (χ3v) is 3.75. The van der Waals surface area contributed by atoms with Gasteiger partial charge < -0.3 is 10.2 Å². The molecule has 0 heterocycles. The average molecular weight is 340 g/mol. The molecule has 0 unspecified atom stereocenters. The second-order valence-corrected chi connectivity index (χ2v) is 5.25. The van der Waals surface area contributed by atoms with Crippen molar-refractivity contribution < 1.29 is 49.4 Å². The second kappa shape index (κ2) is 8.12. The van der Waals surface area contributed by atoms with Crippen molar-refractivity contribution in [2.24, 2.45) is 0 Å². The molecule has 4 nitrogen and oxygen atoms in total. The molecular formula is C20H13NaO4. The van der Waals surface area contributed by atoms with Gasteiger partial charge in [-0.1, -0.05) is 66.7 Å². The molecule has 0 aliphatic rings. The number of carbonyl (C=O) groups is 2. The SMILES string of the molecule is O=C(O)c1ccccc1C(=O)c1ccc(-c2ccccc2[O-])cc1.[Na+]. The minimum Gasteiger partial charge on any atom is -0.872 e. The summed E-state index contributed by atoms with van der Waals surface area (Å²) in [6, 6.07) is 19.3. The Balaban J connectivity index is 0.00000225. The summed E-state index contributed by atoms with van der Waals surface area (Å²) in [4.78, 5) is 23.8. The largest absolute Gasteiger partial charge is 1.00 e. The number of hydrogen-bond acceptors (Lipinski definition) is 3. The predicted octanol–water partition coefficient (Wildman–Crippen LogP) is 0.360. The van der Waals surface area contributed by atoms with E-state index in [0.717, 1.165) is 0 Å². The number of benzene rings is 3. The summed E-state index contributed by atoms with van der Waals surface area (Å²) in [6.45, 7) is 0. The van der Waals surface area contributed by atoms with Gasteiger partial charge in [0.05, 0.1) is 5.56 Å². The van der Waals surface area contributed by atoms with Crippen LogP contribution in [0, 0.1) is 0 Å². The van der Waals surface area contributed by atoms with Crippen molar-refractivity contribution in [3.8, 4) is 16.9 Å². The van der Waals surface area contributed by atoms with Gasteiger partial charge in [0, 0.05) is 11.1 Å². The van der Waals surface area contributed by atoms with E-state index in [4.69, 9.17) is 0 Å². The van der Waals surface area contributed by atoms with Crippen molar-refractivity contribution in [2.75, 3.05) is 0 Å². The summed E-state index contributed by atoms with van der Waals surface area (Å²) < 4.78 is 0. The molecule has 0 radical (unpaired) electrons. The van der Waals surface area contributed by atoms with E-state index in [1.54, 1.807) is 54.6 Å². The molecule has 0 atom stereocenters. The van der Waals surface area contributed by atoms with Gasteiger partial charge in [0.15, 0.2) is 5.78 Å². The van der Waals surface area contributed by atoms with Crippen molar-refractivity contribution in [1.29, 1.82) is 0 Å². The van der Waals surface area contributed by atoms with E-state index >= 15 is 0 Å². The number of aromatic carboxylic acids is 1. The standard InChI is InChI=1S/C20H14O4.Na/c21-18-8-4-3-5-15(18)13-9-11-14(12-10-13)19(22)16-6-1-2-7-17(16)20(23)24;/h1-12,21H,(H,23,24);/q;+1/p-1. The Kier molecular flexibility index (Phi) is 6.15. The van der Waals surface area contributed by atoms with Gasteiger partial charge in [-0.05, 0) is 17.2 Å². The molecule has 0 saturated carbocycles. The van der Waals surface area contributed by atoms with Gasteiger partial charge in [0.25, 0.3) is 0 Å². The van der Waals surface area contributed by atoms with Gasteiger partial charge in [-0.15, -0.1) is 5.75 Å². The molecule has 25 heavy (non-hydrogen) atoms. The molecule has 0 spiro atoms. The van der Waals surface area contributed by atoms with Crippen LogP contribution in [0.4, 0.5) is 0 Å². The molecule has 3 aromatic rings. The fourth-order valence-corrected chi connectivity index (χ4v) is 2.53. The molecule has 0 saturated heterocycles. The van der Waals surface area contributed by atoms with Gasteiger partial charge in [0.1, 0.15) is 0 Å². The molecule has 0 aromatic heterocycles. The molecule has 5 heteroatoms. The Labute approximate surface area is 167 Å². The maximum absolute atomic E-state index is 12.6. The fourth-order valence-electron chi connectivity index (χ4n) is 2.53. The molecule has 3 aromatic carbocycles. The second-order valence-electron chi connectivity index (χ2n) is 5.25. The monoisotopic (exact) mass is 340 g/mol. The van der Waals surface area contributed by atoms with Crippen molar-refractivity contribution >= 4 is 11.8 Å². The maximum atomic E-state index is 12.6. The smallest absolute Gasteiger partial charge is 0.872 e. The van der Waals surface area contributed by atoms with E-state index in [-0.39, 0.29) is 52.2 Å². The minimum absolute atomic E-state index is 0. The van der Waals surface area contributed by atoms with Crippen LogP contribution in [0.1, 0.15) is 26.3 Å². The third-order valence-electron chi connectivity index (χ3n) is 3.75. The van der Waals surface area contributed by atoms with E-state index in [9.17, 15) is 19.8 Å². The molecular weight excluding hydrogens is 327 g/mol. The minimum atomic E-state index is -1.14. The van der Waals surface area contributed by atoms with Crippen LogP contribution in [0.3, 0.4) is 0 Å². The number of carbonyl (C=O) groups excluding carboxylic acids is 1. The Morgan fingerprint density at radius 3 is 1.92 bits per heavy atom. The van der Waals surface area contributed by atoms with E-state index in [0.29, 0.717) is 16.7 Å². The Morgan fingerprint density at radius 1 is 0.760 bits per heavy atom. The van der Waals surface area contributed by atoms with Crippen LogP contribution in [0.2, 0.25) is 0 Å². The van der Waals surface area contributed by atoms with E-state index in [1.165, 1.54) is 18.2 Å². The number of carboxylic acids is 1. The average Bonchev–Trinajstić information content (AvgIpc) is 2.62. The molecule has 3 rings (SSSR count). The van der Waals surface area contributed by atoms with Crippen LogP contribution >= 0.6 is 0 Å². The van der Waals surface area contributed by atoms with Gasteiger partial charge in [-0.3, -0.25) is 4.79 Å². The first-order valence-corrected chi connectivity index (χ1v) is 7.31.